The molecule has 0 saturated carbocycles. The number of nitrogens with zero attached hydrogens (tertiary/aromatic N) is 1. The number of aryl methyl sites for hydroxylation is 1. The minimum absolute atomic E-state index is 0.333. The Morgan fingerprint density at radius 1 is 1.10 bits per heavy atom. The number of nitrogens with one attached hydrogen (secondary N) is 1. The van der Waals surface area contributed by atoms with Crippen molar-refractivity contribution in [3.8, 4) is 17.2 Å². The Labute approximate surface area is 183 Å². The second-order valence-corrected chi connectivity index (χ2v) is 7.70. The van der Waals surface area contributed by atoms with Gasteiger partial charge in [0.25, 0.3) is 5.91 Å². The molecule has 1 unspecified atom stereocenters. The van der Waals surface area contributed by atoms with Crippen LogP contribution in [-0.4, -0.2) is 17.0 Å². The van der Waals surface area contributed by atoms with E-state index < -0.39 is 6.10 Å². The van der Waals surface area contributed by atoms with Crippen LogP contribution < -0.4 is 10.1 Å². The summed E-state index contributed by atoms with van der Waals surface area (Å²) >= 11 is 12.0. The van der Waals surface area contributed by atoms with Gasteiger partial charge in [0.05, 0.1) is 16.3 Å². The van der Waals surface area contributed by atoms with Crippen molar-refractivity contribution in [2.75, 3.05) is 5.32 Å². The zero-order chi connectivity index (χ0) is 21.3. The molecule has 1 N–H and O–H groups in total. The summed E-state index contributed by atoms with van der Waals surface area (Å²) in [6.07, 6.45) is -0.789. The lowest BCUT2D eigenvalue weighted by molar-refractivity contribution is -0.122. The van der Waals surface area contributed by atoms with E-state index in [9.17, 15) is 4.79 Å². The van der Waals surface area contributed by atoms with Gasteiger partial charge in [-0.15, -0.1) is 0 Å². The number of para-hydroxylation sites is 1. The summed E-state index contributed by atoms with van der Waals surface area (Å²) < 4.78 is 11.6. The number of hydrogen-bond donors (Lipinski definition) is 1. The van der Waals surface area contributed by atoms with Crippen molar-refractivity contribution < 1.29 is 13.9 Å². The van der Waals surface area contributed by atoms with Crippen LogP contribution in [0, 0.1) is 6.92 Å². The van der Waals surface area contributed by atoms with Gasteiger partial charge in [0.2, 0.25) is 5.89 Å². The molecule has 3 aromatic carbocycles. The molecule has 4 aromatic rings. The van der Waals surface area contributed by atoms with Crippen LogP contribution >= 0.6 is 23.2 Å². The third-order valence-electron chi connectivity index (χ3n) is 4.53. The third-order valence-corrected chi connectivity index (χ3v) is 5.06. The first kappa shape index (κ1) is 20.3. The second-order valence-electron chi connectivity index (χ2n) is 6.86. The summed E-state index contributed by atoms with van der Waals surface area (Å²) in [6.45, 7) is 3.64. The number of hydrogen-bond acceptors (Lipinski definition) is 4. The van der Waals surface area contributed by atoms with Crippen LogP contribution in [0.3, 0.4) is 0 Å². The third kappa shape index (κ3) is 4.27. The molecule has 1 amide bonds. The molecule has 0 saturated heterocycles. The van der Waals surface area contributed by atoms with Gasteiger partial charge in [-0.3, -0.25) is 4.79 Å². The van der Waals surface area contributed by atoms with E-state index in [1.807, 2.05) is 43.3 Å². The number of ether oxygens (including phenoxy) is 1. The van der Waals surface area contributed by atoms with Crippen LogP contribution in [0.5, 0.6) is 5.75 Å². The molecule has 0 spiro atoms. The summed E-state index contributed by atoms with van der Waals surface area (Å²) in [6, 6.07) is 18.0. The SMILES string of the molecule is Cc1ccc2oc(-c3ccccc3NC(=O)C(C)Oc3ccc(Cl)cc3Cl)nc2c1. The van der Waals surface area contributed by atoms with E-state index in [0.717, 1.165) is 11.1 Å². The lowest BCUT2D eigenvalue weighted by Gasteiger charge is -2.16. The quantitative estimate of drug-likeness (QED) is 0.383. The standard InChI is InChI=1S/C23H18Cl2N2O3/c1-13-7-9-21-19(11-13)27-23(30-21)16-5-3-4-6-18(16)26-22(28)14(2)29-20-10-8-15(24)12-17(20)25/h3-12,14H,1-2H3,(H,26,28). The zero-order valence-corrected chi connectivity index (χ0v) is 17.8. The highest BCUT2D eigenvalue weighted by molar-refractivity contribution is 6.35. The fraction of sp³-hybridized carbons (Fsp3) is 0.130. The topological polar surface area (TPSA) is 64.4 Å². The number of fused-ring (bicyclic) bond motifs is 1. The Bertz CT molecular complexity index is 1240. The first-order chi connectivity index (χ1) is 14.4. The number of rotatable bonds is 5. The highest BCUT2D eigenvalue weighted by Gasteiger charge is 2.19. The summed E-state index contributed by atoms with van der Waals surface area (Å²) in [4.78, 5) is 17.3. The molecular formula is C23H18Cl2N2O3. The van der Waals surface area contributed by atoms with Gasteiger partial charge in [-0.25, -0.2) is 4.98 Å². The Hall–Kier alpha value is -3.02. The zero-order valence-electron chi connectivity index (χ0n) is 16.3. The van der Waals surface area contributed by atoms with Gasteiger partial charge < -0.3 is 14.5 Å². The van der Waals surface area contributed by atoms with Crippen molar-refractivity contribution in [3.63, 3.8) is 0 Å². The molecule has 152 valence electrons. The van der Waals surface area contributed by atoms with Crippen molar-refractivity contribution in [1.29, 1.82) is 0 Å². The molecule has 1 heterocycles. The fourth-order valence-electron chi connectivity index (χ4n) is 2.98. The maximum Gasteiger partial charge on any atom is 0.265 e. The Kier molecular flexibility index (Phi) is 5.66. The summed E-state index contributed by atoms with van der Waals surface area (Å²) in [7, 11) is 0. The molecule has 0 aliphatic carbocycles. The number of oxazole rings is 1. The number of carbonyl (C=O) groups excluding carboxylic acids is 1. The van der Waals surface area contributed by atoms with E-state index in [-0.39, 0.29) is 5.91 Å². The molecule has 4 rings (SSSR count). The van der Waals surface area contributed by atoms with E-state index in [2.05, 4.69) is 10.3 Å². The van der Waals surface area contributed by atoms with Crippen LogP contribution in [0.15, 0.2) is 65.1 Å². The Morgan fingerprint density at radius 2 is 1.90 bits per heavy atom. The van der Waals surface area contributed by atoms with Crippen LogP contribution in [0.1, 0.15) is 12.5 Å². The van der Waals surface area contributed by atoms with E-state index in [4.69, 9.17) is 32.4 Å². The first-order valence-corrected chi connectivity index (χ1v) is 10.1. The molecule has 7 heteroatoms. The fourth-order valence-corrected chi connectivity index (χ4v) is 3.43. The minimum atomic E-state index is -0.789. The molecule has 0 radical (unpaired) electrons. The van der Waals surface area contributed by atoms with Crippen molar-refractivity contribution in [3.05, 3.63) is 76.3 Å². The predicted molar refractivity (Wildman–Crippen MR) is 119 cm³/mol. The first-order valence-electron chi connectivity index (χ1n) is 9.30. The molecular weight excluding hydrogens is 423 g/mol. The van der Waals surface area contributed by atoms with E-state index in [1.165, 1.54) is 0 Å². The Balaban J connectivity index is 1.56. The van der Waals surface area contributed by atoms with Gasteiger partial charge in [-0.05, 0) is 61.9 Å². The Morgan fingerprint density at radius 3 is 2.70 bits per heavy atom. The van der Waals surface area contributed by atoms with Gasteiger partial charge in [-0.2, -0.15) is 0 Å². The van der Waals surface area contributed by atoms with E-state index >= 15 is 0 Å². The number of anilines is 1. The molecule has 1 aromatic heterocycles. The van der Waals surface area contributed by atoms with Crippen molar-refractivity contribution >= 4 is 45.9 Å². The van der Waals surface area contributed by atoms with Crippen LogP contribution in [0.4, 0.5) is 5.69 Å². The second kappa shape index (κ2) is 8.38. The van der Waals surface area contributed by atoms with Gasteiger partial charge in [-0.1, -0.05) is 41.4 Å². The predicted octanol–water partition coefficient (Wildman–Crippen LogP) is 6.52. The molecule has 0 fully saturated rings. The highest BCUT2D eigenvalue weighted by atomic mass is 35.5. The number of carbonyl (C=O) groups is 1. The molecule has 0 aliphatic heterocycles. The highest BCUT2D eigenvalue weighted by Crippen LogP contribution is 2.31. The molecule has 5 nitrogen and oxygen atoms in total. The lowest BCUT2D eigenvalue weighted by Crippen LogP contribution is -2.30. The van der Waals surface area contributed by atoms with Gasteiger partial charge in [0.1, 0.15) is 11.3 Å². The number of amides is 1. The van der Waals surface area contributed by atoms with Crippen molar-refractivity contribution in [1.82, 2.24) is 4.98 Å². The number of benzene rings is 3. The van der Waals surface area contributed by atoms with E-state index in [1.54, 1.807) is 31.2 Å². The average molecular weight is 441 g/mol. The normalized spacial score (nSPS) is 12.0. The molecule has 1 atom stereocenters. The lowest BCUT2D eigenvalue weighted by atomic mass is 10.1. The minimum Gasteiger partial charge on any atom is -0.479 e. The summed E-state index contributed by atoms with van der Waals surface area (Å²) in [5.74, 6) is 0.479. The van der Waals surface area contributed by atoms with Crippen molar-refractivity contribution in [2.45, 2.75) is 20.0 Å². The van der Waals surface area contributed by atoms with E-state index in [0.29, 0.717) is 38.5 Å². The smallest absolute Gasteiger partial charge is 0.265 e. The molecule has 0 bridgehead atoms. The van der Waals surface area contributed by atoms with Gasteiger partial charge in [0, 0.05) is 5.02 Å². The number of halogens is 2. The summed E-state index contributed by atoms with van der Waals surface area (Å²) in [5, 5.41) is 3.71. The largest absolute Gasteiger partial charge is 0.479 e. The number of aromatic nitrogens is 1. The van der Waals surface area contributed by atoms with Gasteiger partial charge in [0.15, 0.2) is 11.7 Å². The molecule has 0 aliphatic rings. The maximum atomic E-state index is 12.7. The average Bonchev–Trinajstić information content (AvgIpc) is 3.13. The maximum absolute atomic E-state index is 12.7. The summed E-state index contributed by atoms with van der Waals surface area (Å²) in [5.41, 5.74) is 3.79. The van der Waals surface area contributed by atoms with Crippen LogP contribution in [0.25, 0.3) is 22.6 Å². The van der Waals surface area contributed by atoms with Crippen LogP contribution in [-0.2, 0) is 4.79 Å². The van der Waals surface area contributed by atoms with Crippen molar-refractivity contribution in [2.24, 2.45) is 0 Å². The molecule has 30 heavy (non-hydrogen) atoms. The van der Waals surface area contributed by atoms with Gasteiger partial charge >= 0.3 is 0 Å². The van der Waals surface area contributed by atoms with Crippen LogP contribution in [0.2, 0.25) is 10.0 Å². The monoisotopic (exact) mass is 440 g/mol.